The van der Waals surface area contributed by atoms with Crippen LogP contribution in [-0.2, 0) is 6.54 Å². The molecule has 9 heteroatoms. The number of aromatic nitrogens is 5. The van der Waals surface area contributed by atoms with Crippen molar-refractivity contribution in [3.63, 3.8) is 0 Å². The first-order valence-electron chi connectivity index (χ1n) is 8.48. The normalized spacial score (nSPS) is 10.9. The predicted molar refractivity (Wildman–Crippen MR) is 102 cm³/mol. The predicted octanol–water partition coefficient (Wildman–Crippen LogP) is 1.07. The maximum absolute atomic E-state index is 12.7. The average molecular weight is 376 g/mol. The van der Waals surface area contributed by atoms with Crippen molar-refractivity contribution in [3.8, 4) is 5.69 Å². The zero-order valence-electron chi connectivity index (χ0n) is 14.9. The summed E-state index contributed by atoms with van der Waals surface area (Å²) in [6, 6.07) is 11.1. The SMILES string of the molecule is CN(Cc1cnn(-c2ccccc2)c1)C(=O)c1cnc2[nH]c(=O)[nH]c(=O)c2c1. The van der Waals surface area contributed by atoms with E-state index in [4.69, 9.17) is 0 Å². The molecule has 0 atom stereocenters. The number of nitrogens with zero attached hydrogens (tertiary/aromatic N) is 4. The summed E-state index contributed by atoms with van der Waals surface area (Å²) in [6.07, 6.45) is 4.89. The van der Waals surface area contributed by atoms with Crippen molar-refractivity contribution >= 4 is 16.9 Å². The lowest BCUT2D eigenvalue weighted by atomic mass is 10.2. The quantitative estimate of drug-likeness (QED) is 0.553. The molecule has 0 radical (unpaired) electrons. The Hall–Kier alpha value is -4.01. The standard InChI is InChI=1S/C19H16N6O3/c1-24(10-12-8-21-25(11-12)14-5-3-2-4-6-14)18(27)13-7-15-16(20-9-13)22-19(28)23-17(15)26/h2-9,11H,10H2,1H3,(H2,20,22,23,26,28). The summed E-state index contributed by atoms with van der Waals surface area (Å²) in [5.41, 5.74) is 0.940. The van der Waals surface area contributed by atoms with Crippen LogP contribution in [0.3, 0.4) is 0 Å². The summed E-state index contributed by atoms with van der Waals surface area (Å²) in [5, 5.41) is 4.47. The number of nitrogens with one attached hydrogen (secondary N) is 2. The van der Waals surface area contributed by atoms with Gasteiger partial charge in [-0.25, -0.2) is 14.5 Å². The molecular weight excluding hydrogens is 360 g/mol. The number of amides is 1. The second-order valence-electron chi connectivity index (χ2n) is 6.32. The van der Waals surface area contributed by atoms with E-state index in [1.807, 2.05) is 36.5 Å². The maximum Gasteiger partial charge on any atom is 0.327 e. The minimum Gasteiger partial charge on any atom is -0.337 e. The van der Waals surface area contributed by atoms with E-state index in [0.717, 1.165) is 11.3 Å². The van der Waals surface area contributed by atoms with Crippen molar-refractivity contribution < 1.29 is 4.79 Å². The van der Waals surface area contributed by atoms with Gasteiger partial charge in [0.2, 0.25) is 0 Å². The van der Waals surface area contributed by atoms with Gasteiger partial charge in [-0.2, -0.15) is 5.10 Å². The van der Waals surface area contributed by atoms with Gasteiger partial charge in [-0.1, -0.05) is 18.2 Å². The summed E-state index contributed by atoms with van der Waals surface area (Å²) < 4.78 is 1.74. The molecular formula is C19H16N6O3. The van der Waals surface area contributed by atoms with E-state index in [1.165, 1.54) is 17.2 Å². The molecule has 0 aliphatic heterocycles. The summed E-state index contributed by atoms with van der Waals surface area (Å²) in [7, 11) is 1.66. The van der Waals surface area contributed by atoms with E-state index in [1.54, 1.807) is 17.9 Å². The smallest absolute Gasteiger partial charge is 0.327 e. The number of hydrogen-bond donors (Lipinski definition) is 2. The first-order chi connectivity index (χ1) is 13.5. The highest BCUT2D eigenvalue weighted by Gasteiger charge is 2.15. The lowest BCUT2D eigenvalue weighted by Crippen LogP contribution is -2.27. The van der Waals surface area contributed by atoms with Crippen LogP contribution >= 0.6 is 0 Å². The highest BCUT2D eigenvalue weighted by Crippen LogP contribution is 2.12. The summed E-state index contributed by atoms with van der Waals surface area (Å²) in [4.78, 5) is 46.0. The molecule has 1 aromatic carbocycles. The number of rotatable bonds is 4. The molecule has 2 N–H and O–H groups in total. The van der Waals surface area contributed by atoms with Crippen LogP contribution in [0.4, 0.5) is 0 Å². The number of pyridine rings is 1. The maximum atomic E-state index is 12.7. The zero-order valence-corrected chi connectivity index (χ0v) is 14.9. The van der Waals surface area contributed by atoms with Crippen molar-refractivity contribution in [1.82, 2.24) is 29.6 Å². The molecule has 9 nitrogen and oxygen atoms in total. The summed E-state index contributed by atoms with van der Waals surface area (Å²) in [5.74, 6) is -0.299. The van der Waals surface area contributed by atoms with Gasteiger partial charge in [-0.3, -0.25) is 19.6 Å². The van der Waals surface area contributed by atoms with E-state index in [0.29, 0.717) is 6.54 Å². The summed E-state index contributed by atoms with van der Waals surface area (Å²) >= 11 is 0. The number of hydrogen-bond acceptors (Lipinski definition) is 5. The van der Waals surface area contributed by atoms with Crippen molar-refractivity contribution in [2.24, 2.45) is 0 Å². The monoisotopic (exact) mass is 376 g/mol. The second-order valence-corrected chi connectivity index (χ2v) is 6.32. The number of fused-ring (bicyclic) bond motifs is 1. The largest absolute Gasteiger partial charge is 0.337 e. The van der Waals surface area contributed by atoms with Crippen LogP contribution in [0, 0.1) is 0 Å². The Morgan fingerprint density at radius 3 is 2.71 bits per heavy atom. The van der Waals surface area contributed by atoms with Gasteiger partial charge in [0, 0.05) is 31.5 Å². The van der Waals surface area contributed by atoms with E-state index in [9.17, 15) is 14.4 Å². The van der Waals surface area contributed by atoms with Crippen molar-refractivity contribution in [2.75, 3.05) is 7.05 Å². The van der Waals surface area contributed by atoms with Crippen LogP contribution in [0.5, 0.6) is 0 Å². The van der Waals surface area contributed by atoms with Crippen LogP contribution in [0.2, 0.25) is 0 Å². The fraction of sp³-hybridized carbons (Fsp3) is 0.105. The van der Waals surface area contributed by atoms with Crippen LogP contribution in [0.25, 0.3) is 16.7 Å². The number of benzene rings is 1. The van der Waals surface area contributed by atoms with Gasteiger partial charge < -0.3 is 4.90 Å². The number of carbonyl (C=O) groups excluding carboxylic acids is 1. The molecule has 0 bridgehead atoms. The van der Waals surface area contributed by atoms with Crippen molar-refractivity contribution in [2.45, 2.75) is 6.54 Å². The molecule has 4 rings (SSSR count). The molecule has 140 valence electrons. The van der Waals surface area contributed by atoms with Gasteiger partial charge in [0.05, 0.1) is 22.8 Å². The van der Waals surface area contributed by atoms with Crippen LogP contribution in [0.15, 0.2) is 64.6 Å². The van der Waals surface area contributed by atoms with Gasteiger partial charge in [-0.05, 0) is 18.2 Å². The Balaban J connectivity index is 1.55. The van der Waals surface area contributed by atoms with Crippen molar-refractivity contribution in [3.05, 3.63) is 87.0 Å². The third-order valence-electron chi connectivity index (χ3n) is 4.26. The minimum atomic E-state index is -0.642. The average Bonchev–Trinajstić information content (AvgIpc) is 3.16. The molecule has 0 aliphatic rings. The molecule has 0 saturated heterocycles. The first kappa shape index (κ1) is 17.4. The number of para-hydroxylation sites is 1. The lowest BCUT2D eigenvalue weighted by Gasteiger charge is -2.16. The Labute approximate surface area is 158 Å². The molecule has 0 unspecified atom stereocenters. The fourth-order valence-corrected chi connectivity index (χ4v) is 2.89. The van der Waals surface area contributed by atoms with E-state index < -0.39 is 11.2 Å². The molecule has 3 heterocycles. The highest BCUT2D eigenvalue weighted by molar-refractivity contribution is 5.96. The number of H-pyrrole nitrogens is 2. The molecule has 4 aromatic rings. The molecule has 3 aromatic heterocycles. The number of aromatic amines is 2. The third-order valence-corrected chi connectivity index (χ3v) is 4.26. The van der Waals surface area contributed by atoms with Crippen LogP contribution in [-0.4, -0.2) is 42.6 Å². The Morgan fingerprint density at radius 1 is 1.14 bits per heavy atom. The number of carbonyl (C=O) groups is 1. The molecule has 0 aliphatic carbocycles. The summed E-state index contributed by atoms with van der Waals surface area (Å²) in [6.45, 7) is 0.339. The van der Waals surface area contributed by atoms with E-state index in [2.05, 4.69) is 20.1 Å². The fourth-order valence-electron chi connectivity index (χ4n) is 2.89. The lowest BCUT2D eigenvalue weighted by molar-refractivity contribution is 0.0785. The molecule has 1 amide bonds. The minimum absolute atomic E-state index is 0.136. The third kappa shape index (κ3) is 3.32. The Bertz CT molecular complexity index is 1270. The van der Waals surface area contributed by atoms with Crippen LogP contribution < -0.4 is 11.2 Å². The topological polar surface area (TPSA) is 117 Å². The molecule has 28 heavy (non-hydrogen) atoms. The van der Waals surface area contributed by atoms with Gasteiger partial charge in [-0.15, -0.1) is 0 Å². The van der Waals surface area contributed by atoms with Gasteiger partial charge in [0.15, 0.2) is 0 Å². The first-order valence-corrected chi connectivity index (χ1v) is 8.48. The molecule has 0 spiro atoms. The highest BCUT2D eigenvalue weighted by atomic mass is 16.2. The molecule has 0 saturated carbocycles. The Kier molecular flexibility index (Phi) is 4.32. The van der Waals surface area contributed by atoms with Gasteiger partial charge >= 0.3 is 5.69 Å². The van der Waals surface area contributed by atoms with Gasteiger partial charge in [0.1, 0.15) is 5.65 Å². The van der Waals surface area contributed by atoms with Crippen LogP contribution in [0.1, 0.15) is 15.9 Å². The zero-order chi connectivity index (χ0) is 19.7. The second kappa shape index (κ2) is 6.95. The van der Waals surface area contributed by atoms with E-state index in [-0.39, 0.29) is 22.5 Å². The molecule has 0 fully saturated rings. The van der Waals surface area contributed by atoms with Crippen molar-refractivity contribution in [1.29, 1.82) is 0 Å². The van der Waals surface area contributed by atoms with E-state index >= 15 is 0 Å². The Morgan fingerprint density at radius 2 is 1.93 bits per heavy atom. The van der Waals surface area contributed by atoms with Gasteiger partial charge in [0.25, 0.3) is 11.5 Å².